The summed E-state index contributed by atoms with van der Waals surface area (Å²) in [6.45, 7) is 0. The molecule has 0 N–H and O–H groups in total. The van der Waals surface area contributed by atoms with E-state index in [-0.39, 0.29) is 0 Å². The molecule has 0 saturated heterocycles. The van der Waals surface area contributed by atoms with Gasteiger partial charge in [-0.1, -0.05) is 43.9 Å². The molecule has 0 amide bonds. The molecule has 0 spiro atoms. The molecule has 2 aliphatic carbocycles. The molecule has 2 saturated carbocycles. The maximum atomic E-state index is 13.2. The van der Waals surface area contributed by atoms with Gasteiger partial charge in [-0.2, -0.15) is 0 Å². The van der Waals surface area contributed by atoms with E-state index in [4.69, 9.17) is 0 Å². The number of hydrogen-bond donors (Lipinski definition) is 0. The van der Waals surface area contributed by atoms with Crippen molar-refractivity contribution in [3.8, 4) is 0 Å². The van der Waals surface area contributed by atoms with E-state index < -0.39 is 11.6 Å². The molecule has 0 aliphatic heterocycles. The Morgan fingerprint density at radius 3 is 2.50 bits per heavy atom. The van der Waals surface area contributed by atoms with Crippen molar-refractivity contribution in [2.75, 3.05) is 0 Å². The fraction of sp³-hybridized carbons (Fsp3) is 0.556. The van der Waals surface area contributed by atoms with Gasteiger partial charge in [0.1, 0.15) is 0 Å². The van der Waals surface area contributed by atoms with E-state index in [1.54, 1.807) is 6.07 Å². The van der Waals surface area contributed by atoms with Crippen molar-refractivity contribution >= 4 is 6.08 Å². The molecule has 0 heterocycles. The van der Waals surface area contributed by atoms with Crippen molar-refractivity contribution in [2.24, 2.45) is 17.8 Å². The topological polar surface area (TPSA) is 0 Å². The van der Waals surface area contributed by atoms with Gasteiger partial charge in [0, 0.05) is 0 Å². The molecular weight excluding hydrogens is 254 g/mol. The van der Waals surface area contributed by atoms with Gasteiger partial charge < -0.3 is 0 Å². The third kappa shape index (κ3) is 3.11. The predicted molar refractivity (Wildman–Crippen MR) is 78.2 cm³/mol. The molecule has 3 rings (SSSR count). The summed E-state index contributed by atoms with van der Waals surface area (Å²) in [5.41, 5.74) is 0.759. The average molecular weight is 276 g/mol. The van der Waals surface area contributed by atoms with Crippen molar-refractivity contribution in [1.29, 1.82) is 0 Å². The lowest BCUT2D eigenvalue weighted by Gasteiger charge is -2.38. The summed E-state index contributed by atoms with van der Waals surface area (Å²) in [5.74, 6) is 0.934. The number of halogens is 2. The molecule has 1 aromatic rings. The molecule has 1 aromatic carbocycles. The van der Waals surface area contributed by atoms with E-state index in [0.29, 0.717) is 5.92 Å². The second kappa shape index (κ2) is 6.07. The van der Waals surface area contributed by atoms with Gasteiger partial charge in [0.05, 0.1) is 0 Å². The van der Waals surface area contributed by atoms with Crippen molar-refractivity contribution in [2.45, 2.75) is 44.9 Å². The van der Waals surface area contributed by atoms with Crippen LogP contribution in [0.2, 0.25) is 0 Å². The van der Waals surface area contributed by atoms with Crippen molar-refractivity contribution in [3.63, 3.8) is 0 Å². The molecule has 2 heteroatoms. The van der Waals surface area contributed by atoms with Gasteiger partial charge in [-0.25, -0.2) is 8.78 Å². The smallest absolute Gasteiger partial charge is 0.159 e. The minimum Gasteiger partial charge on any atom is -0.204 e. The summed E-state index contributed by atoms with van der Waals surface area (Å²) in [5, 5.41) is 0. The summed E-state index contributed by atoms with van der Waals surface area (Å²) in [7, 11) is 0. The number of allylic oxidation sites excluding steroid dienone is 1. The summed E-state index contributed by atoms with van der Waals surface area (Å²) >= 11 is 0. The minimum atomic E-state index is -0.773. The lowest BCUT2D eigenvalue weighted by molar-refractivity contribution is 0.147. The van der Waals surface area contributed by atoms with Crippen molar-refractivity contribution in [3.05, 3.63) is 41.5 Å². The first kappa shape index (κ1) is 13.8. The maximum absolute atomic E-state index is 13.2. The molecule has 20 heavy (non-hydrogen) atoms. The first-order chi connectivity index (χ1) is 9.72. The van der Waals surface area contributed by atoms with E-state index in [1.165, 1.54) is 57.1 Å². The molecule has 0 nitrogen and oxygen atoms in total. The molecule has 108 valence electrons. The van der Waals surface area contributed by atoms with Crippen LogP contribution in [0.3, 0.4) is 0 Å². The van der Waals surface area contributed by atoms with E-state index >= 15 is 0 Å². The summed E-state index contributed by atoms with van der Waals surface area (Å²) in [6, 6.07) is 4.12. The van der Waals surface area contributed by atoms with E-state index in [1.807, 2.05) is 6.08 Å². The first-order valence-corrected chi connectivity index (χ1v) is 7.85. The molecule has 2 aliphatic rings. The highest BCUT2D eigenvalue weighted by molar-refractivity contribution is 5.49. The van der Waals surface area contributed by atoms with Crippen LogP contribution in [0, 0.1) is 29.4 Å². The van der Waals surface area contributed by atoms with Gasteiger partial charge >= 0.3 is 0 Å². The van der Waals surface area contributed by atoms with Gasteiger partial charge in [-0.15, -0.1) is 0 Å². The van der Waals surface area contributed by atoms with Crippen molar-refractivity contribution in [1.82, 2.24) is 0 Å². The Kier molecular flexibility index (Phi) is 4.18. The highest BCUT2D eigenvalue weighted by Gasteiger charge is 2.30. The summed E-state index contributed by atoms with van der Waals surface area (Å²) in [6.07, 6.45) is 13.7. The Morgan fingerprint density at radius 1 is 0.900 bits per heavy atom. The average Bonchev–Trinajstić information content (AvgIpc) is 2.48. The normalized spacial score (nSPS) is 30.4. The monoisotopic (exact) mass is 276 g/mol. The highest BCUT2D eigenvalue weighted by Crippen LogP contribution is 2.43. The number of hydrogen-bond acceptors (Lipinski definition) is 0. The van der Waals surface area contributed by atoms with E-state index in [9.17, 15) is 8.78 Å². The van der Waals surface area contributed by atoms with E-state index in [0.717, 1.165) is 17.4 Å². The van der Waals surface area contributed by atoms with Crippen LogP contribution in [0.25, 0.3) is 6.08 Å². The first-order valence-electron chi connectivity index (χ1n) is 7.85. The zero-order valence-corrected chi connectivity index (χ0v) is 11.8. The van der Waals surface area contributed by atoms with Crippen LogP contribution in [0.4, 0.5) is 8.78 Å². The molecule has 3 unspecified atom stereocenters. The van der Waals surface area contributed by atoms with Gasteiger partial charge in [-0.05, 0) is 54.7 Å². The highest BCUT2D eigenvalue weighted by atomic mass is 19.2. The Bertz CT molecular complexity index is 492. The van der Waals surface area contributed by atoms with Crippen LogP contribution in [0.5, 0.6) is 0 Å². The molecule has 3 atom stereocenters. The quantitative estimate of drug-likeness (QED) is 0.661. The fourth-order valence-electron chi connectivity index (χ4n) is 3.95. The molecule has 2 fully saturated rings. The summed E-state index contributed by atoms with van der Waals surface area (Å²) < 4.78 is 26.0. The zero-order valence-electron chi connectivity index (χ0n) is 11.8. The van der Waals surface area contributed by atoms with Crippen molar-refractivity contribution < 1.29 is 8.78 Å². The maximum Gasteiger partial charge on any atom is 0.159 e. The molecular formula is C18H22F2. The lowest BCUT2D eigenvalue weighted by atomic mass is 9.67. The number of benzene rings is 1. The lowest BCUT2D eigenvalue weighted by Crippen LogP contribution is -2.26. The Balaban J connectivity index is 1.62. The zero-order chi connectivity index (χ0) is 13.9. The van der Waals surface area contributed by atoms with Gasteiger partial charge in [0.2, 0.25) is 0 Å². The second-order valence-electron chi connectivity index (χ2n) is 6.41. The molecule has 0 bridgehead atoms. The fourth-order valence-corrected chi connectivity index (χ4v) is 3.95. The van der Waals surface area contributed by atoms with Crippen LogP contribution in [-0.2, 0) is 0 Å². The largest absolute Gasteiger partial charge is 0.204 e. The predicted octanol–water partition coefficient (Wildman–Crippen LogP) is 5.58. The number of fused-ring (bicyclic) bond motifs is 1. The Morgan fingerprint density at radius 2 is 1.70 bits per heavy atom. The van der Waals surface area contributed by atoms with Crippen LogP contribution in [0.1, 0.15) is 50.5 Å². The van der Waals surface area contributed by atoms with Crippen LogP contribution < -0.4 is 0 Å². The summed E-state index contributed by atoms with van der Waals surface area (Å²) in [4.78, 5) is 0. The van der Waals surface area contributed by atoms with Crippen LogP contribution in [0.15, 0.2) is 24.3 Å². The molecule has 0 aromatic heterocycles. The number of rotatable bonds is 2. The van der Waals surface area contributed by atoms with E-state index in [2.05, 4.69) is 6.08 Å². The Hall–Kier alpha value is -1.18. The third-order valence-electron chi connectivity index (χ3n) is 5.08. The SMILES string of the molecule is Fc1ccc(/C=C/C2CCC3CCCCC3C2)cc1F. The van der Waals surface area contributed by atoms with Gasteiger partial charge in [0.15, 0.2) is 11.6 Å². The second-order valence-corrected chi connectivity index (χ2v) is 6.41. The third-order valence-corrected chi connectivity index (χ3v) is 5.08. The standard InChI is InChI=1S/C18H22F2/c19-17-10-8-14(12-18(17)20)6-5-13-7-9-15-3-1-2-4-16(15)11-13/h5-6,8,10,12-13,15-16H,1-4,7,9,11H2/b6-5+. The minimum absolute atomic E-state index is 0.613. The van der Waals surface area contributed by atoms with Gasteiger partial charge in [-0.3, -0.25) is 0 Å². The molecule has 0 radical (unpaired) electrons. The van der Waals surface area contributed by atoms with Crippen LogP contribution in [-0.4, -0.2) is 0 Å². The Labute approximate surface area is 119 Å². The van der Waals surface area contributed by atoms with Crippen LogP contribution >= 0.6 is 0 Å². The van der Waals surface area contributed by atoms with Gasteiger partial charge in [0.25, 0.3) is 0 Å².